The number of hydrogen-bond donors (Lipinski definition) is 0. The highest BCUT2D eigenvalue weighted by atomic mass is 16.5. The minimum Gasteiger partial charge on any atom is -0.489 e. The Morgan fingerprint density at radius 1 is 1.06 bits per heavy atom. The molecule has 0 bridgehead atoms. The summed E-state index contributed by atoms with van der Waals surface area (Å²) in [5.74, 6) is 0.887. The van der Waals surface area contributed by atoms with Gasteiger partial charge in [0, 0.05) is 0 Å². The zero-order valence-corrected chi connectivity index (χ0v) is 10.6. The number of hydrogen-bond acceptors (Lipinski definition) is 1. The van der Waals surface area contributed by atoms with Crippen molar-refractivity contribution in [2.24, 2.45) is 0 Å². The Kier molecular flexibility index (Phi) is 4.19. The van der Waals surface area contributed by atoms with Gasteiger partial charge in [-0.25, -0.2) is 0 Å². The highest BCUT2D eigenvalue weighted by Crippen LogP contribution is 2.15. The third-order valence-electron chi connectivity index (χ3n) is 2.54. The summed E-state index contributed by atoms with van der Waals surface area (Å²) in [6.45, 7) is 6.45. The molecule has 0 spiro atoms. The number of benzene rings is 2. The van der Waals surface area contributed by atoms with Crippen LogP contribution in [0.15, 0.2) is 60.2 Å². The van der Waals surface area contributed by atoms with Crippen LogP contribution in [0.4, 0.5) is 0 Å². The molecule has 0 heterocycles. The highest BCUT2D eigenvalue weighted by Gasteiger charge is 1.95. The van der Waals surface area contributed by atoms with Crippen LogP contribution < -0.4 is 4.74 Å². The van der Waals surface area contributed by atoms with Gasteiger partial charge in [-0.1, -0.05) is 54.1 Å². The first-order chi connectivity index (χ1) is 8.74. The maximum atomic E-state index is 5.72. The van der Waals surface area contributed by atoms with E-state index in [1.807, 2.05) is 55.5 Å². The molecule has 0 atom stereocenters. The lowest BCUT2D eigenvalue weighted by Gasteiger charge is -2.06. The van der Waals surface area contributed by atoms with Gasteiger partial charge in [0.25, 0.3) is 0 Å². The molecule has 0 saturated carbocycles. The van der Waals surface area contributed by atoms with E-state index in [1.54, 1.807) is 0 Å². The molecule has 0 aliphatic heterocycles. The third kappa shape index (κ3) is 3.77. The third-order valence-corrected chi connectivity index (χ3v) is 2.54. The highest BCUT2D eigenvalue weighted by molar-refractivity contribution is 5.54. The largest absolute Gasteiger partial charge is 0.489 e. The molecule has 1 radical (unpaired) electrons. The van der Waals surface area contributed by atoms with Gasteiger partial charge in [0.15, 0.2) is 0 Å². The van der Waals surface area contributed by atoms with E-state index < -0.39 is 0 Å². The van der Waals surface area contributed by atoms with Crippen LogP contribution in [-0.4, -0.2) is 0 Å². The van der Waals surface area contributed by atoms with E-state index in [-0.39, 0.29) is 0 Å². The van der Waals surface area contributed by atoms with E-state index in [2.05, 4.69) is 19.1 Å². The van der Waals surface area contributed by atoms with Gasteiger partial charge in [-0.05, 0) is 37.1 Å². The molecule has 0 N–H and O–H groups in total. The Hall–Kier alpha value is -2.02. The standard InChI is InChI=1S/C17H17O/c1-14(2)12-15-8-10-17(11-9-15)18-13-16-6-4-3-5-7-16/h3-12H,1,13H2,2H3. The van der Waals surface area contributed by atoms with Gasteiger partial charge < -0.3 is 4.74 Å². The van der Waals surface area contributed by atoms with Gasteiger partial charge >= 0.3 is 0 Å². The van der Waals surface area contributed by atoms with Gasteiger partial charge in [-0.15, -0.1) is 0 Å². The number of rotatable bonds is 4. The molecule has 0 aromatic heterocycles. The zero-order valence-electron chi connectivity index (χ0n) is 10.6. The minimum atomic E-state index is 0.602. The Labute approximate surface area is 109 Å². The van der Waals surface area contributed by atoms with Crippen LogP contribution in [0, 0.1) is 6.92 Å². The lowest BCUT2D eigenvalue weighted by atomic mass is 10.1. The van der Waals surface area contributed by atoms with E-state index >= 15 is 0 Å². The van der Waals surface area contributed by atoms with Crippen molar-refractivity contribution in [3.8, 4) is 5.75 Å². The molecule has 0 unspecified atom stereocenters. The predicted molar refractivity (Wildman–Crippen MR) is 76.2 cm³/mol. The topological polar surface area (TPSA) is 9.23 Å². The number of ether oxygens (including phenoxy) is 1. The smallest absolute Gasteiger partial charge is 0.119 e. The fourth-order valence-corrected chi connectivity index (χ4v) is 1.69. The molecule has 18 heavy (non-hydrogen) atoms. The van der Waals surface area contributed by atoms with Crippen molar-refractivity contribution in [2.45, 2.75) is 13.5 Å². The van der Waals surface area contributed by atoms with Crippen molar-refractivity contribution in [3.05, 3.63) is 78.2 Å². The van der Waals surface area contributed by atoms with Crippen molar-refractivity contribution in [1.82, 2.24) is 0 Å². The molecule has 2 rings (SSSR count). The van der Waals surface area contributed by atoms with Gasteiger partial charge in [0.2, 0.25) is 0 Å². The SMILES string of the molecule is [CH2]C(C)=Cc1ccc(OCc2ccccc2)cc1. The average molecular weight is 237 g/mol. The van der Waals surface area contributed by atoms with E-state index in [1.165, 1.54) is 5.56 Å². The Bertz CT molecular complexity index is 505. The molecule has 2 aromatic carbocycles. The van der Waals surface area contributed by atoms with Gasteiger partial charge in [-0.2, -0.15) is 0 Å². The van der Waals surface area contributed by atoms with Crippen molar-refractivity contribution in [2.75, 3.05) is 0 Å². The first kappa shape index (κ1) is 12.4. The molecular weight excluding hydrogens is 220 g/mol. The van der Waals surface area contributed by atoms with E-state index in [9.17, 15) is 0 Å². The van der Waals surface area contributed by atoms with Crippen LogP contribution in [0.25, 0.3) is 6.08 Å². The zero-order chi connectivity index (χ0) is 12.8. The molecule has 91 valence electrons. The lowest BCUT2D eigenvalue weighted by molar-refractivity contribution is 0.306. The Balaban J connectivity index is 1.97. The fraction of sp³-hybridized carbons (Fsp3) is 0.118. The molecule has 2 aromatic rings. The molecule has 0 amide bonds. The van der Waals surface area contributed by atoms with Crippen LogP contribution in [-0.2, 0) is 6.61 Å². The summed E-state index contributed by atoms with van der Waals surface area (Å²) in [6, 6.07) is 18.2. The summed E-state index contributed by atoms with van der Waals surface area (Å²) >= 11 is 0. The molecule has 0 saturated heterocycles. The average Bonchev–Trinajstić information content (AvgIpc) is 2.38. The Morgan fingerprint density at radius 3 is 2.33 bits per heavy atom. The van der Waals surface area contributed by atoms with E-state index in [0.717, 1.165) is 16.9 Å². The molecule has 1 nitrogen and oxygen atoms in total. The molecular formula is C17H17O. The van der Waals surface area contributed by atoms with Gasteiger partial charge in [0.05, 0.1) is 0 Å². The minimum absolute atomic E-state index is 0.602. The fourth-order valence-electron chi connectivity index (χ4n) is 1.69. The quantitative estimate of drug-likeness (QED) is 0.760. The predicted octanol–water partition coefficient (Wildman–Crippen LogP) is 4.50. The second-order valence-electron chi connectivity index (χ2n) is 4.33. The molecule has 0 aliphatic rings. The van der Waals surface area contributed by atoms with Crippen LogP contribution in [0.3, 0.4) is 0 Å². The van der Waals surface area contributed by atoms with Gasteiger partial charge in [-0.3, -0.25) is 0 Å². The lowest BCUT2D eigenvalue weighted by Crippen LogP contribution is -1.94. The van der Waals surface area contributed by atoms with E-state index in [0.29, 0.717) is 6.61 Å². The summed E-state index contributed by atoms with van der Waals surface area (Å²) in [4.78, 5) is 0. The van der Waals surface area contributed by atoms with Crippen LogP contribution in [0.1, 0.15) is 18.1 Å². The normalized spacial score (nSPS) is 11.3. The molecule has 1 heteroatoms. The maximum Gasteiger partial charge on any atom is 0.119 e. The Morgan fingerprint density at radius 2 is 1.72 bits per heavy atom. The van der Waals surface area contributed by atoms with Crippen LogP contribution >= 0.6 is 0 Å². The first-order valence-corrected chi connectivity index (χ1v) is 6.01. The summed E-state index contributed by atoms with van der Waals surface area (Å²) in [6.07, 6.45) is 2.04. The summed E-state index contributed by atoms with van der Waals surface area (Å²) < 4.78 is 5.72. The van der Waals surface area contributed by atoms with E-state index in [4.69, 9.17) is 4.74 Å². The summed E-state index contributed by atoms with van der Waals surface area (Å²) in [5, 5.41) is 0. The molecule has 0 fully saturated rings. The summed E-state index contributed by atoms with van der Waals surface area (Å²) in [7, 11) is 0. The van der Waals surface area contributed by atoms with Crippen LogP contribution in [0.2, 0.25) is 0 Å². The van der Waals surface area contributed by atoms with Gasteiger partial charge in [0.1, 0.15) is 12.4 Å². The maximum absolute atomic E-state index is 5.72. The summed E-state index contributed by atoms with van der Waals surface area (Å²) in [5.41, 5.74) is 3.37. The first-order valence-electron chi connectivity index (χ1n) is 6.01. The monoisotopic (exact) mass is 237 g/mol. The number of allylic oxidation sites excluding steroid dienone is 1. The van der Waals surface area contributed by atoms with Crippen molar-refractivity contribution in [3.63, 3.8) is 0 Å². The second kappa shape index (κ2) is 6.06. The van der Waals surface area contributed by atoms with Crippen LogP contribution in [0.5, 0.6) is 5.75 Å². The second-order valence-corrected chi connectivity index (χ2v) is 4.33. The van der Waals surface area contributed by atoms with Crippen molar-refractivity contribution >= 4 is 6.08 Å². The van der Waals surface area contributed by atoms with Crippen molar-refractivity contribution < 1.29 is 4.74 Å². The molecule has 0 aliphatic carbocycles. The van der Waals surface area contributed by atoms with Crippen molar-refractivity contribution in [1.29, 1.82) is 0 Å².